The van der Waals surface area contributed by atoms with Crippen LogP contribution >= 0.6 is 7.14 Å². The second kappa shape index (κ2) is 5.68. The number of carbonyl (C=O) groups excluding carboxylic acids is 1. The first-order valence-corrected chi connectivity index (χ1v) is 7.36. The minimum absolute atomic E-state index is 0.226. The van der Waals surface area contributed by atoms with Crippen LogP contribution in [0.4, 0.5) is 0 Å². The van der Waals surface area contributed by atoms with Gasteiger partial charge in [0.25, 0.3) is 0 Å². The van der Waals surface area contributed by atoms with Crippen molar-refractivity contribution in [3.05, 3.63) is 0 Å². The van der Waals surface area contributed by atoms with Crippen molar-refractivity contribution in [3.8, 4) is 12.1 Å². The van der Waals surface area contributed by atoms with Crippen LogP contribution in [-0.4, -0.2) is 30.6 Å². The second-order valence-electron chi connectivity index (χ2n) is 3.82. The normalized spacial score (nSPS) is 19.1. The minimum Gasteiger partial charge on any atom is -0.461 e. The van der Waals surface area contributed by atoms with Gasteiger partial charge in [-0.05, 0) is 0 Å². The average Bonchev–Trinajstić information content (AvgIpc) is 2.22. The van der Waals surface area contributed by atoms with E-state index in [-0.39, 0.29) is 24.9 Å². The summed E-state index contributed by atoms with van der Waals surface area (Å²) in [7, 11) is -2.52. The summed E-state index contributed by atoms with van der Waals surface area (Å²) in [4.78, 5) is 10.6. The third-order valence-electron chi connectivity index (χ3n) is 2.49. The molecular formula is C10H13N2O3P. The summed E-state index contributed by atoms with van der Waals surface area (Å²) in [6.45, 7) is 0. The second-order valence-corrected chi connectivity index (χ2v) is 7.20. The molecule has 1 saturated heterocycles. The zero-order valence-corrected chi connectivity index (χ0v) is 9.78. The fourth-order valence-corrected chi connectivity index (χ4v) is 4.19. The molecule has 1 fully saturated rings. The summed E-state index contributed by atoms with van der Waals surface area (Å²) in [6, 6.07) is 3.91. The Hall–Kier alpha value is -1.32. The van der Waals surface area contributed by atoms with E-state index in [9.17, 15) is 9.36 Å². The summed E-state index contributed by atoms with van der Waals surface area (Å²) >= 11 is 0. The molecule has 0 N–H and O–H groups in total. The first-order valence-electron chi connectivity index (χ1n) is 5.10. The Morgan fingerprint density at radius 3 is 2.19 bits per heavy atom. The Bertz CT molecular complexity index is 364. The Labute approximate surface area is 94.4 Å². The molecule has 0 spiro atoms. The van der Waals surface area contributed by atoms with E-state index < -0.39 is 7.14 Å². The topological polar surface area (TPSA) is 91.0 Å². The molecule has 1 rings (SSSR count). The van der Waals surface area contributed by atoms with Gasteiger partial charge in [-0.2, -0.15) is 10.5 Å². The highest BCUT2D eigenvalue weighted by Gasteiger charge is 2.35. The quantitative estimate of drug-likeness (QED) is 0.518. The fraction of sp³-hybridized carbons (Fsp3) is 0.700. The predicted molar refractivity (Wildman–Crippen MR) is 57.2 cm³/mol. The number of esters is 1. The molecular weight excluding hydrogens is 227 g/mol. The number of nitriles is 2. The zero-order chi connectivity index (χ0) is 12.0. The van der Waals surface area contributed by atoms with Gasteiger partial charge in [-0.3, -0.25) is 4.79 Å². The van der Waals surface area contributed by atoms with Gasteiger partial charge in [-0.15, -0.1) is 0 Å². The first kappa shape index (κ1) is 12.7. The van der Waals surface area contributed by atoms with Crippen LogP contribution in [0.25, 0.3) is 0 Å². The molecule has 0 radical (unpaired) electrons. The van der Waals surface area contributed by atoms with Gasteiger partial charge < -0.3 is 9.30 Å². The molecule has 6 heteroatoms. The van der Waals surface area contributed by atoms with Crippen molar-refractivity contribution >= 4 is 13.1 Å². The number of nitrogens with zero attached hydrogens (tertiary/aromatic N) is 2. The summed E-state index contributed by atoms with van der Waals surface area (Å²) in [5.41, 5.74) is 0. The Balaban J connectivity index is 2.49. The van der Waals surface area contributed by atoms with E-state index in [0.29, 0.717) is 24.9 Å². The van der Waals surface area contributed by atoms with Crippen LogP contribution < -0.4 is 0 Å². The van der Waals surface area contributed by atoms with Crippen molar-refractivity contribution in [1.82, 2.24) is 0 Å². The van der Waals surface area contributed by atoms with Crippen LogP contribution in [0.1, 0.15) is 19.3 Å². The van der Waals surface area contributed by atoms with Crippen LogP contribution in [-0.2, 0) is 14.1 Å². The molecule has 86 valence electrons. The third kappa shape index (κ3) is 3.68. The minimum atomic E-state index is -2.52. The van der Waals surface area contributed by atoms with Crippen molar-refractivity contribution in [2.75, 3.05) is 18.5 Å². The van der Waals surface area contributed by atoms with E-state index >= 15 is 0 Å². The van der Waals surface area contributed by atoms with Crippen molar-refractivity contribution in [1.29, 1.82) is 10.5 Å². The molecule has 1 aliphatic heterocycles. The van der Waals surface area contributed by atoms with E-state index in [0.717, 1.165) is 0 Å². The van der Waals surface area contributed by atoms with E-state index in [1.54, 1.807) is 0 Å². The molecule has 16 heavy (non-hydrogen) atoms. The molecule has 1 unspecified atom stereocenters. The van der Waals surface area contributed by atoms with Gasteiger partial charge in [0, 0.05) is 31.3 Å². The van der Waals surface area contributed by atoms with E-state index in [4.69, 9.17) is 15.3 Å². The predicted octanol–water partition coefficient (Wildman–Crippen LogP) is 1.49. The molecule has 1 atom stereocenters. The van der Waals surface area contributed by atoms with Crippen LogP contribution in [0.15, 0.2) is 0 Å². The molecule has 0 aromatic carbocycles. The maximum atomic E-state index is 12.3. The monoisotopic (exact) mass is 240 g/mol. The standard InChI is InChI=1S/C10H13N2O3P/c11-3-1-5-16(14,6-2-4-12)8-9-7-10(13)15-9/h9H,1-2,5-8H2. The molecule has 5 nitrogen and oxygen atoms in total. The van der Waals surface area contributed by atoms with Crippen molar-refractivity contribution in [2.24, 2.45) is 0 Å². The van der Waals surface area contributed by atoms with Gasteiger partial charge >= 0.3 is 5.97 Å². The Morgan fingerprint density at radius 1 is 1.31 bits per heavy atom. The first-order chi connectivity index (χ1) is 7.59. The van der Waals surface area contributed by atoms with Gasteiger partial charge in [0.1, 0.15) is 6.10 Å². The Kier molecular flexibility index (Phi) is 4.52. The summed E-state index contributed by atoms with van der Waals surface area (Å²) in [5, 5.41) is 17.0. The molecule has 0 saturated carbocycles. The van der Waals surface area contributed by atoms with Gasteiger partial charge in [-0.25, -0.2) is 0 Å². The van der Waals surface area contributed by atoms with E-state index in [1.165, 1.54) is 0 Å². The van der Waals surface area contributed by atoms with Crippen molar-refractivity contribution < 1.29 is 14.1 Å². The Morgan fingerprint density at radius 2 is 1.81 bits per heavy atom. The zero-order valence-electron chi connectivity index (χ0n) is 8.89. The van der Waals surface area contributed by atoms with E-state index in [1.807, 2.05) is 12.1 Å². The van der Waals surface area contributed by atoms with Gasteiger partial charge in [0.15, 0.2) is 0 Å². The highest BCUT2D eigenvalue weighted by molar-refractivity contribution is 7.64. The summed E-state index contributed by atoms with van der Waals surface area (Å²) < 4.78 is 17.2. The molecule has 0 bridgehead atoms. The number of cyclic esters (lactones) is 1. The number of carbonyl (C=O) groups is 1. The number of hydrogen-bond acceptors (Lipinski definition) is 5. The lowest BCUT2D eigenvalue weighted by atomic mass is 10.2. The smallest absolute Gasteiger partial charge is 0.309 e. The average molecular weight is 240 g/mol. The highest BCUT2D eigenvalue weighted by Crippen LogP contribution is 2.48. The summed E-state index contributed by atoms with van der Waals surface area (Å²) in [5.74, 6) is -0.267. The summed E-state index contributed by atoms with van der Waals surface area (Å²) in [6.07, 6.45) is 1.45. The van der Waals surface area contributed by atoms with Crippen LogP contribution in [0, 0.1) is 22.7 Å². The van der Waals surface area contributed by atoms with Gasteiger partial charge in [0.05, 0.1) is 25.7 Å². The largest absolute Gasteiger partial charge is 0.461 e. The van der Waals surface area contributed by atoms with Crippen LogP contribution in [0.3, 0.4) is 0 Å². The van der Waals surface area contributed by atoms with Crippen molar-refractivity contribution in [3.63, 3.8) is 0 Å². The number of rotatable bonds is 6. The lowest BCUT2D eigenvalue weighted by Gasteiger charge is -2.29. The van der Waals surface area contributed by atoms with Crippen molar-refractivity contribution in [2.45, 2.75) is 25.4 Å². The molecule has 0 aromatic rings. The van der Waals surface area contributed by atoms with Crippen LogP contribution in [0.2, 0.25) is 0 Å². The lowest BCUT2D eigenvalue weighted by Crippen LogP contribution is -2.36. The molecule has 1 heterocycles. The lowest BCUT2D eigenvalue weighted by molar-refractivity contribution is -0.166. The third-order valence-corrected chi connectivity index (χ3v) is 5.64. The van der Waals surface area contributed by atoms with Gasteiger partial charge in [0.2, 0.25) is 0 Å². The molecule has 0 aromatic heterocycles. The highest BCUT2D eigenvalue weighted by atomic mass is 31.2. The maximum Gasteiger partial charge on any atom is 0.309 e. The molecule has 1 aliphatic rings. The number of hydrogen-bond donors (Lipinski definition) is 0. The molecule has 0 amide bonds. The SMILES string of the molecule is N#CCCP(=O)(CCC#N)CC1CC(=O)O1. The number of ether oxygens (including phenoxy) is 1. The molecule has 0 aliphatic carbocycles. The van der Waals surface area contributed by atoms with E-state index in [2.05, 4.69) is 0 Å². The van der Waals surface area contributed by atoms with Gasteiger partial charge in [-0.1, -0.05) is 0 Å². The maximum absolute atomic E-state index is 12.3. The van der Waals surface area contributed by atoms with Crippen LogP contribution in [0.5, 0.6) is 0 Å². The fourth-order valence-electron chi connectivity index (χ4n) is 1.64.